The quantitative estimate of drug-likeness (QED) is 0.892. The molecule has 1 saturated heterocycles. The molecular formula is C16H23NO5. The number of nitrogens with one attached hydrogen (secondary N) is 1. The standard InChI is InChI=1S/C16H23NO5/c1-16(2,3)13-10(5-4-6-21-13)8-17-14(18)12-7-11(9-22-12)15(19)20/h7,9-10,13H,4-6,8H2,1-3H3,(H,17,18)(H,19,20). The monoisotopic (exact) mass is 309 g/mol. The molecule has 1 aliphatic heterocycles. The molecule has 0 bridgehead atoms. The maximum Gasteiger partial charge on any atom is 0.338 e. The zero-order valence-electron chi connectivity index (χ0n) is 13.2. The molecule has 122 valence electrons. The highest BCUT2D eigenvalue weighted by atomic mass is 16.5. The highest BCUT2D eigenvalue weighted by molar-refractivity contribution is 5.95. The Kier molecular flexibility index (Phi) is 4.90. The summed E-state index contributed by atoms with van der Waals surface area (Å²) in [6.07, 6.45) is 3.14. The molecule has 1 aromatic rings. The molecule has 0 spiro atoms. The predicted molar refractivity (Wildman–Crippen MR) is 79.9 cm³/mol. The Morgan fingerprint density at radius 1 is 1.41 bits per heavy atom. The van der Waals surface area contributed by atoms with Gasteiger partial charge in [0.2, 0.25) is 0 Å². The average molecular weight is 309 g/mol. The number of ether oxygens (including phenoxy) is 1. The van der Waals surface area contributed by atoms with Gasteiger partial charge < -0.3 is 19.6 Å². The third kappa shape index (κ3) is 3.88. The van der Waals surface area contributed by atoms with Crippen molar-refractivity contribution in [3.05, 3.63) is 23.7 Å². The summed E-state index contributed by atoms with van der Waals surface area (Å²) in [5.41, 5.74) is -0.0181. The minimum Gasteiger partial charge on any atom is -0.478 e. The van der Waals surface area contributed by atoms with Gasteiger partial charge in [-0.1, -0.05) is 20.8 Å². The number of carboxylic acid groups (broad SMARTS) is 1. The first kappa shape index (κ1) is 16.5. The zero-order valence-corrected chi connectivity index (χ0v) is 13.2. The van der Waals surface area contributed by atoms with E-state index < -0.39 is 11.9 Å². The lowest BCUT2D eigenvalue weighted by atomic mass is 9.78. The predicted octanol–water partition coefficient (Wildman–Crippen LogP) is 2.55. The van der Waals surface area contributed by atoms with Crippen LogP contribution in [0.25, 0.3) is 0 Å². The van der Waals surface area contributed by atoms with E-state index in [1.807, 2.05) is 0 Å². The maximum atomic E-state index is 12.0. The molecule has 2 heterocycles. The molecule has 2 atom stereocenters. The second-order valence-electron chi connectivity index (χ2n) is 6.77. The summed E-state index contributed by atoms with van der Waals surface area (Å²) in [4.78, 5) is 22.8. The van der Waals surface area contributed by atoms with Crippen LogP contribution in [0.2, 0.25) is 0 Å². The smallest absolute Gasteiger partial charge is 0.338 e. The molecule has 0 saturated carbocycles. The van der Waals surface area contributed by atoms with E-state index in [9.17, 15) is 9.59 Å². The molecule has 0 aliphatic carbocycles. The van der Waals surface area contributed by atoms with Crippen molar-refractivity contribution in [3.63, 3.8) is 0 Å². The van der Waals surface area contributed by atoms with E-state index in [1.165, 1.54) is 6.07 Å². The lowest BCUT2D eigenvalue weighted by molar-refractivity contribution is -0.0839. The molecule has 0 radical (unpaired) electrons. The van der Waals surface area contributed by atoms with Gasteiger partial charge in [-0.25, -0.2) is 4.79 Å². The van der Waals surface area contributed by atoms with E-state index in [-0.39, 0.29) is 28.8 Å². The van der Waals surface area contributed by atoms with Crippen molar-refractivity contribution in [1.29, 1.82) is 0 Å². The van der Waals surface area contributed by atoms with Crippen LogP contribution in [0, 0.1) is 11.3 Å². The molecule has 2 rings (SSSR count). The summed E-state index contributed by atoms with van der Waals surface area (Å²) in [6, 6.07) is 1.23. The number of furan rings is 1. The van der Waals surface area contributed by atoms with Crippen LogP contribution in [0.5, 0.6) is 0 Å². The second kappa shape index (κ2) is 6.52. The van der Waals surface area contributed by atoms with Crippen LogP contribution in [0.15, 0.2) is 16.7 Å². The largest absolute Gasteiger partial charge is 0.478 e. The van der Waals surface area contributed by atoms with Crippen LogP contribution in [-0.2, 0) is 4.74 Å². The van der Waals surface area contributed by atoms with Gasteiger partial charge in [-0.3, -0.25) is 4.79 Å². The average Bonchev–Trinajstić information content (AvgIpc) is 2.94. The summed E-state index contributed by atoms with van der Waals surface area (Å²) in [7, 11) is 0. The van der Waals surface area contributed by atoms with Crippen molar-refractivity contribution >= 4 is 11.9 Å². The summed E-state index contributed by atoms with van der Waals surface area (Å²) >= 11 is 0. The van der Waals surface area contributed by atoms with Gasteiger partial charge in [0.25, 0.3) is 5.91 Å². The molecule has 1 aliphatic rings. The fourth-order valence-corrected chi connectivity index (χ4v) is 2.89. The van der Waals surface area contributed by atoms with Gasteiger partial charge in [-0.05, 0) is 18.3 Å². The van der Waals surface area contributed by atoms with E-state index >= 15 is 0 Å². The first-order chi connectivity index (χ1) is 10.3. The van der Waals surface area contributed by atoms with Crippen LogP contribution < -0.4 is 5.32 Å². The molecule has 1 fully saturated rings. The van der Waals surface area contributed by atoms with Crippen molar-refractivity contribution in [2.75, 3.05) is 13.2 Å². The second-order valence-corrected chi connectivity index (χ2v) is 6.77. The third-order valence-corrected chi connectivity index (χ3v) is 3.89. The van der Waals surface area contributed by atoms with E-state index in [0.717, 1.165) is 25.7 Å². The Morgan fingerprint density at radius 2 is 2.14 bits per heavy atom. The van der Waals surface area contributed by atoms with Crippen molar-refractivity contribution < 1.29 is 23.8 Å². The SMILES string of the molecule is CC(C)(C)C1OCCCC1CNC(=O)c1cc(C(=O)O)co1. The summed E-state index contributed by atoms with van der Waals surface area (Å²) in [5, 5.41) is 11.6. The van der Waals surface area contributed by atoms with Gasteiger partial charge in [0.05, 0.1) is 11.7 Å². The van der Waals surface area contributed by atoms with E-state index in [0.29, 0.717) is 6.54 Å². The molecule has 6 heteroatoms. The van der Waals surface area contributed by atoms with Gasteiger partial charge in [0.15, 0.2) is 5.76 Å². The van der Waals surface area contributed by atoms with Crippen molar-refractivity contribution in [3.8, 4) is 0 Å². The number of hydrogen-bond donors (Lipinski definition) is 2. The maximum absolute atomic E-state index is 12.0. The highest BCUT2D eigenvalue weighted by Crippen LogP contribution is 2.33. The first-order valence-corrected chi connectivity index (χ1v) is 7.50. The minimum absolute atomic E-state index is 0.0109. The molecule has 6 nitrogen and oxygen atoms in total. The summed E-state index contributed by atoms with van der Waals surface area (Å²) < 4.78 is 10.9. The normalized spacial score (nSPS) is 22.3. The lowest BCUT2D eigenvalue weighted by Gasteiger charge is -2.40. The van der Waals surface area contributed by atoms with Gasteiger partial charge in [0, 0.05) is 25.1 Å². The van der Waals surface area contributed by atoms with Crippen LogP contribution in [0.4, 0.5) is 0 Å². The molecular weight excluding hydrogens is 286 g/mol. The van der Waals surface area contributed by atoms with Crippen LogP contribution in [0.1, 0.15) is 54.5 Å². The van der Waals surface area contributed by atoms with Gasteiger partial charge >= 0.3 is 5.97 Å². The minimum atomic E-state index is -1.11. The van der Waals surface area contributed by atoms with Crippen LogP contribution in [0.3, 0.4) is 0 Å². The molecule has 22 heavy (non-hydrogen) atoms. The molecule has 2 unspecified atom stereocenters. The van der Waals surface area contributed by atoms with Crippen molar-refractivity contribution in [2.45, 2.75) is 39.7 Å². The van der Waals surface area contributed by atoms with E-state index in [2.05, 4.69) is 26.1 Å². The van der Waals surface area contributed by atoms with Crippen LogP contribution >= 0.6 is 0 Å². The van der Waals surface area contributed by atoms with Gasteiger partial charge in [0.1, 0.15) is 6.26 Å². The number of rotatable bonds is 4. The van der Waals surface area contributed by atoms with Crippen molar-refractivity contribution in [2.24, 2.45) is 11.3 Å². The topological polar surface area (TPSA) is 88.8 Å². The third-order valence-electron chi connectivity index (χ3n) is 3.89. The Morgan fingerprint density at radius 3 is 2.73 bits per heavy atom. The fraction of sp³-hybridized carbons (Fsp3) is 0.625. The molecule has 1 aromatic heterocycles. The number of hydrogen-bond acceptors (Lipinski definition) is 4. The molecule has 0 aromatic carbocycles. The van der Waals surface area contributed by atoms with Crippen LogP contribution in [-0.4, -0.2) is 36.2 Å². The highest BCUT2D eigenvalue weighted by Gasteiger charge is 2.35. The molecule has 2 N–H and O–H groups in total. The number of carboxylic acids is 1. The van der Waals surface area contributed by atoms with Gasteiger partial charge in [-0.2, -0.15) is 0 Å². The first-order valence-electron chi connectivity index (χ1n) is 7.50. The number of aromatic carboxylic acids is 1. The number of carbonyl (C=O) groups is 2. The Labute approximate surface area is 129 Å². The number of carbonyl (C=O) groups excluding carboxylic acids is 1. The summed E-state index contributed by atoms with van der Waals surface area (Å²) in [5.74, 6) is -1.25. The van der Waals surface area contributed by atoms with E-state index in [4.69, 9.17) is 14.3 Å². The Hall–Kier alpha value is -1.82. The zero-order chi connectivity index (χ0) is 16.3. The van der Waals surface area contributed by atoms with Gasteiger partial charge in [-0.15, -0.1) is 0 Å². The lowest BCUT2D eigenvalue weighted by Crippen LogP contribution is -2.45. The Bertz CT molecular complexity index is 543. The fourth-order valence-electron chi connectivity index (χ4n) is 2.89. The Balaban J connectivity index is 1.95. The van der Waals surface area contributed by atoms with E-state index in [1.54, 1.807) is 0 Å². The van der Waals surface area contributed by atoms with Crippen molar-refractivity contribution in [1.82, 2.24) is 5.32 Å². The summed E-state index contributed by atoms with van der Waals surface area (Å²) in [6.45, 7) is 7.63. The molecule has 1 amide bonds. The number of amides is 1.